The van der Waals surface area contributed by atoms with Crippen LogP contribution < -0.4 is 24.8 Å². The monoisotopic (exact) mass is 358 g/mol. The van der Waals surface area contributed by atoms with Crippen molar-refractivity contribution in [1.29, 1.82) is 0 Å². The summed E-state index contributed by atoms with van der Waals surface area (Å²) in [4.78, 5) is 8.72. The fraction of sp³-hybridized carbons (Fsp3) is 0.368. The molecule has 0 spiro atoms. The van der Waals surface area contributed by atoms with Gasteiger partial charge >= 0.3 is 0 Å². The lowest BCUT2D eigenvalue weighted by Crippen LogP contribution is -2.30. The second-order valence-corrected chi connectivity index (χ2v) is 5.33. The molecule has 0 saturated carbocycles. The number of anilines is 1. The van der Waals surface area contributed by atoms with Crippen molar-refractivity contribution in [2.75, 3.05) is 32.7 Å². The van der Waals surface area contributed by atoms with Gasteiger partial charge in [0, 0.05) is 30.6 Å². The zero-order valence-corrected chi connectivity index (χ0v) is 15.7. The largest absolute Gasteiger partial charge is 0.493 e. The number of aromatic nitrogens is 1. The van der Waals surface area contributed by atoms with Gasteiger partial charge in [-0.25, -0.2) is 9.98 Å². The third-order valence-corrected chi connectivity index (χ3v) is 3.50. The Kier molecular flexibility index (Phi) is 7.54. The number of nitrogens with zero attached hydrogens (tertiary/aromatic N) is 2. The second kappa shape index (κ2) is 10.1. The first-order chi connectivity index (χ1) is 12.7. The van der Waals surface area contributed by atoms with Crippen LogP contribution in [-0.4, -0.2) is 38.3 Å². The highest BCUT2D eigenvalue weighted by atomic mass is 16.5. The van der Waals surface area contributed by atoms with Crippen molar-refractivity contribution in [3.63, 3.8) is 0 Å². The molecule has 0 atom stereocenters. The molecule has 7 heteroatoms. The molecule has 2 rings (SSSR count). The number of methoxy groups -OCH3 is 2. The maximum atomic E-state index is 5.62. The van der Waals surface area contributed by atoms with E-state index in [0.29, 0.717) is 36.5 Å². The minimum atomic E-state index is 0.503. The van der Waals surface area contributed by atoms with Crippen LogP contribution in [0, 0.1) is 0 Å². The van der Waals surface area contributed by atoms with Gasteiger partial charge in [0.25, 0.3) is 0 Å². The number of guanidine groups is 1. The molecule has 0 unspecified atom stereocenters. The van der Waals surface area contributed by atoms with Crippen LogP contribution in [0.3, 0.4) is 0 Å². The van der Waals surface area contributed by atoms with Gasteiger partial charge in [-0.1, -0.05) is 0 Å². The predicted octanol–water partition coefficient (Wildman–Crippen LogP) is 3.08. The Morgan fingerprint density at radius 1 is 1.08 bits per heavy atom. The summed E-state index contributed by atoms with van der Waals surface area (Å²) in [5, 5.41) is 6.52. The van der Waals surface area contributed by atoms with Crippen molar-refractivity contribution in [2.45, 2.75) is 20.4 Å². The zero-order valence-electron chi connectivity index (χ0n) is 15.7. The molecule has 26 heavy (non-hydrogen) atoms. The van der Waals surface area contributed by atoms with E-state index in [0.717, 1.165) is 17.8 Å². The van der Waals surface area contributed by atoms with E-state index in [1.807, 2.05) is 44.2 Å². The number of benzene rings is 1. The standard InChI is InChI=1S/C19H26N4O3/c1-5-20-19(22-13-14-9-10-21-18(11-14)25-4)23-15-7-8-16(24-3)17(12-15)26-6-2/h7-12H,5-6,13H2,1-4H3,(H2,20,22,23). The summed E-state index contributed by atoms with van der Waals surface area (Å²) in [7, 11) is 3.22. The fourth-order valence-electron chi connectivity index (χ4n) is 2.30. The van der Waals surface area contributed by atoms with Crippen LogP contribution in [0.15, 0.2) is 41.5 Å². The van der Waals surface area contributed by atoms with Crippen LogP contribution in [0.4, 0.5) is 5.69 Å². The first kappa shape index (κ1) is 19.4. The third kappa shape index (κ3) is 5.54. The Morgan fingerprint density at radius 2 is 1.92 bits per heavy atom. The van der Waals surface area contributed by atoms with Crippen molar-refractivity contribution in [3.8, 4) is 17.4 Å². The maximum absolute atomic E-state index is 5.62. The molecule has 2 aromatic rings. The molecule has 0 aliphatic carbocycles. The Hall–Kier alpha value is -2.96. The predicted molar refractivity (Wildman–Crippen MR) is 103 cm³/mol. The van der Waals surface area contributed by atoms with E-state index in [1.165, 1.54) is 0 Å². The Labute approximate surface area is 154 Å². The van der Waals surface area contributed by atoms with Gasteiger partial charge in [-0.05, 0) is 37.6 Å². The molecule has 7 nitrogen and oxygen atoms in total. The molecule has 2 N–H and O–H groups in total. The number of rotatable bonds is 8. The molecule has 1 aromatic carbocycles. The average molecular weight is 358 g/mol. The van der Waals surface area contributed by atoms with Gasteiger partial charge in [-0.3, -0.25) is 0 Å². The summed E-state index contributed by atoms with van der Waals surface area (Å²) < 4.78 is 16.1. The van der Waals surface area contributed by atoms with Crippen LogP contribution in [0.2, 0.25) is 0 Å². The normalized spacial score (nSPS) is 11.0. The van der Waals surface area contributed by atoms with Gasteiger partial charge in [0.15, 0.2) is 17.5 Å². The smallest absolute Gasteiger partial charge is 0.213 e. The number of pyridine rings is 1. The molecule has 0 aliphatic heterocycles. The first-order valence-electron chi connectivity index (χ1n) is 8.55. The highest BCUT2D eigenvalue weighted by Crippen LogP contribution is 2.30. The van der Waals surface area contributed by atoms with Gasteiger partial charge in [-0.2, -0.15) is 0 Å². The van der Waals surface area contributed by atoms with Gasteiger partial charge in [0.05, 0.1) is 27.4 Å². The minimum Gasteiger partial charge on any atom is -0.493 e. The van der Waals surface area contributed by atoms with E-state index in [1.54, 1.807) is 20.4 Å². The third-order valence-electron chi connectivity index (χ3n) is 3.50. The average Bonchev–Trinajstić information content (AvgIpc) is 2.67. The van der Waals surface area contributed by atoms with E-state index >= 15 is 0 Å². The van der Waals surface area contributed by atoms with Crippen LogP contribution >= 0.6 is 0 Å². The van der Waals surface area contributed by atoms with E-state index in [9.17, 15) is 0 Å². The lowest BCUT2D eigenvalue weighted by molar-refractivity contribution is 0.311. The fourth-order valence-corrected chi connectivity index (χ4v) is 2.30. The quantitative estimate of drug-likeness (QED) is 0.558. The maximum Gasteiger partial charge on any atom is 0.213 e. The van der Waals surface area contributed by atoms with Gasteiger partial charge in [0.2, 0.25) is 5.88 Å². The van der Waals surface area contributed by atoms with E-state index in [-0.39, 0.29) is 0 Å². The number of ether oxygens (including phenoxy) is 3. The minimum absolute atomic E-state index is 0.503. The van der Waals surface area contributed by atoms with Gasteiger partial charge in [0.1, 0.15) is 0 Å². The van der Waals surface area contributed by atoms with E-state index < -0.39 is 0 Å². The summed E-state index contributed by atoms with van der Waals surface area (Å²) in [6, 6.07) is 9.46. The molecular weight excluding hydrogens is 332 g/mol. The molecule has 0 bridgehead atoms. The SMILES string of the molecule is CCNC(=NCc1ccnc(OC)c1)Nc1ccc(OC)c(OCC)c1. The molecule has 0 aliphatic rings. The van der Waals surface area contributed by atoms with Crippen molar-refractivity contribution in [2.24, 2.45) is 4.99 Å². The molecule has 1 aromatic heterocycles. The van der Waals surface area contributed by atoms with Crippen molar-refractivity contribution in [1.82, 2.24) is 10.3 Å². The van der Waals surface area contributed by atoms with Crippen molar-refractivity contribution >= 4 is 11.6 Å². The topological polar surface area (TPSA) is 77.0 Å². The van der Waals surface area contributed by atoms with E-state index in [2.05, 4.69) is 20.6 Å². The molecule has 0 amide bonds. The number of nitrogens with one attached hydrogen (secondary N) is 2. The van der Waals surface area contributed by atoms with Crippen LogP contribution in [-0.2, 0) is 6.54 Å². The Balaban J connectivity index is 2.15. The number of aliphatic imine (C=N–C) groups is 1. The molecule has 0 radical (unpaired) electrons. The van der Waals surface area contributed by atoms with Gasteiger partial charge < -0.3 is 24.8 Å². The Bertz CT molecular complexity index is 734. The highest BCUT2D eigenvalue weighted by molar-refractivity contribution is 5.93. The van der Waals surface area contributed by atoms with Crippen LogP contribution in [0.5, 0.6) is 17.4 Å². The van der Waals surface area contributed by atoms with Crippen LogP contribution in [0.1, 0.15) is 19.4 Å². The Morgan fingerprint density at radius 3 is 2.62 bits per heavy atom. The number of hydrogen-bond acceptors (Lipinski definition) is 5. The molecule has 0 saturated heterocycles. The zero-order chi connectivity index (χ0) is 18.8. The summed E-state index contributed by atoms with van der Waals surface area (Å²) >= 11 is 0. The summed E-state index contributed by atoms with van der Waals surface area (Å²) in [6.07, 6.45) is 1.71. The lowest BCUT2D eigenvalue weighted by Gasteiger charge is -2.14. The summed E-state index contributed by atoms with van der Waals surface area (Å²) in [5.41, 5.74) is 1.88. The summed E-state index contributed by atoms with van der Waals surface area (Å²) in [6.45, 7) is 5.78. The molecule has 140 valence electrons. The second-order valence-electron chi connectivity index (χ2n) is 5.33. The summed E-state index contributed by atoms with van der Waals surface area (Å²) in [5.74, 6) is 2.64. The van der Waals surface area contributed by atoms with Crippen molar-refractivity contribution < 1.29 is 14.2 Å². The lowest BCUT2D eigenvalue weighted by atomic mass is 10.2. The molecule has 1 heterocycles. The van der Waals surface area contributed by atoms with Gasteiger partial charge in [-0.15, -0.1) is 0 Å². The molecule has 0 fully saturated rings. The first-order valence-corrected chi connectivity index (χ1v) is 8.55. The van der Waals surface area contributed by atoms with E-state index in [4.69, 9.17) is 14.2 Å². The molecular formula is C19H26N4O3. The number of hydrogen-bond donors (Lipinski definition) is 2. The van der Waals surface area contributed by atoms with Crippen molar-refractivity contribution in [3.05, 3.63) is 42.1 Å². The van der Waals surface area contributed by atoms with Crippen LogP contribution in [0.25, 0.3) is 0 Å². The highest BCUT2D eigenvalue weighted by Gasteiger charge is 2.07.